The van der Waals surface area contributed by atoms with E-state index in [2.05, 4.69) is 12.2 Å². The third kappa shape index (κ3) is 6.00. The first kappa shape index (κ1) is 17.1. The Morgan fingerprint density at radius 2 is 2.10 bits per heavy atom. The predicted octanol–water partition coefficient (Wildman–Crippen LogP) is 1.40. The van der Waals surface area contributed by atoms with E-state index in [9.17, 15) is 9.59 Å². The van der Waals surface area contributed by atoms with Crippen molar-refractivity contribution in [1.82, 2.24) is 10.2 Å². The molecule has 0 aromatic rings. The number of nitrogens with one attached hydrogen (secondary N) is 1. The van der Waals surface area contributed by atoms with E-state index < -0.39 is 5.97 Å². The van der Waals surface area contributed by atoms with Gasteiger partial charge in [-0.1, -0.05) is 6.92 Å². The van der Waals surface area contributed by atoms with Gasteiger partial charge in [0.2, 0.25) is 0 Å². The Morgan fingerprint density at radius 3 is 2.60 bits per heavy atom. The van der Waals surface area contributed by atoms with Gasteiger partial charge in [-0.3, -0.25) is 0 Å². The van der Waals surface area contributed by atoms with Gasteiger partial charge in [-0.25, -0.2) is 9.59 Å². The molecule has 0 aromatic carbocycles. The highest BCUT2D eigenvalue weighted by atomic mass is 32.2. The van der Waals surface area contributed by atoms with Crippen molar-refractivity contribution in [3.05, 3.63) is 0 Å². The van der Waals surface area contributed by atoms with Crippen molar-refractivity contribution in [1.29, 1.82) is 0 Å². The predicted molar refractivity (Wildman–Crippen MR) is 79.2 cm³/mol. The number of carboxylic acid groups (broad SMARTS) is 1. The molecule has 20 heavy (non-hydrogen) atoms. The van der Waals surface area contributed by atoms with Crippen LogP contribution in [-0.4, -0.2) is 65.9 Å². The number of ether oxygens (including phenoxy) is 1. The molecule has 2 N–H and O–H groups in total. The lowest BCUT2D eigenvalue weighted by Crippen LogP contribution is -2.49. The first-order chi connectivity index (χ1) is 9.56. The van der Waals surface area contributed by atoms with Crippen LogP contribution in [0.1, 0.15) is 26.2 Å². The fourth-order valence-electron chi connectivity index (χ4n) is 2.14. The molecule has 1 fully saturated rings. The summed E-state index contributed by atoms with van der Waals surface area (Å²) < 4.78 is 5.25. The van der Waals surface area contributed by atoms with Gasteiger partial charge in [-0.05, 0) is 25.5 Å². The second-order valence-corrected chi connectivity index (χ2v) is 5.81. The molecule has 1 rings (SSSR count). The van der Waals surface area contributed by atoms with E-state index >= 15 is 0 Å². The highest BCUT2D eigenvalue weighted by Crippen LogP contribution is 2.14. The summed E-state index contributed by atoms with van der Waals surface area (Å²) >= 11 is 1.72. The topological polar surface area (TPSA) is 78.9 Å². The minimum Gasteiger partial charge on any atom is -0.480 e. The Balaban J connectivity index is 2.29. The Morgan fingerprint density at radius 1 is 1.45 bits per heavy atom. The van der Waals surface area contributed by atoms with Crippen LogP contribution in [0.2, 0.25) is 0 Å². The van der Waals surface area contributed by atoms with Gasteiger partial charge >= 0.3 is 12.0 Å². The zero-order valence-electron chi connectivity index (χ0n) is 12.1. The summed E-state index contributed by atoms with van der Waals surface area (Å²) in [6.45, 7) is 3.03. The van der Waals surface area contributed by atoms with Crippen LogP contribution < -0.4 is 5.32 Å². The van der Waals surface area contributed by atoms with Gasteiger partial charge in [-0.2, -0.15) is 11.8 Å². The molecule has 1 saturated heterocycles. The minimum absolute atomic E-state index is 0.0254. The summed E-state index contributed by atoms with van der Waals surface area (Å²) in [5.74, 6) is -0.0338. The standard InChI is InChI=1S/C13H24N2O4S/c1-3-10(9-20-2)14-13(18)15-6-4-11(5-7-15)19-8-12(16)17/h10-11H,3-9H2,1-2H3,(H,14,18)(H,16,17). The van der Waals surface area contributed by atoms with E-state index in [-0.39, 0.29) is 24.8 Å². The van der Waals surface area contributed by atoms with Crippen molar-refractivity contribution >= 4 is 23.8 Å². The molecule has 0 spiro atoms. The minimum atomic E-state index is -0.951. The van der Waals surface area contributed by atoms with Gasteiger partial charge < -0.3 is 20.1 Å². The monoisotopic (exact) mass is 304 g/mol. The number of amides is 2. The van der Waals surface area contributed by atoms with Gasteiger partial charge in [-0.15, -0.1) is 0 Å². The molecule has 0 aliphatic carbocycles. The van der Waals surface area contributed by atoms with Crippen LogP contribution in [0.5, 0.6) is 0 Å². The SMILES string of the molecule is CCC(CSC)NC(=O)N1CCC(OCC(=O)O)CC1. The number of carboxylic acids is 1. The summed E-state index contributed by atoms with van der Waals surface area (Å²) in [6, 6.07) is 0.182. The molecule has 1 aliphatic heterocycles. The van der Waals surface area contributed by atoms with E-state index in [1.165, 1.54) is 0 Å². The summed E-state index contributed by atoms with van der Waals surface area (Å²) in [6.07, 6.45) is 4.29. The molecule has 0 radical (unpaired) electrons. The number of nitrogens with zero attached hydrogens (tertiary/aromatic N) is 1. The summed E-state index contributed by atoms with van der Waals surface area (Å²) in [7, 11) is 0. The Kier molecular flexibility index (Phi) is 7.76. The highest BCUT2D eigenvalue weighted by molar-refractivity contribution is 7.98. The Labute approximate surface area is 124 Å². The van der Waals surface area contributed by atoms with E-state index in [0.717, 1.165) is 12.2 Å². The quantitative estimate of drug-likeness (QED) is 0.743. The van der Waals surface area contributed by atoms with Crippen molar-refractivity contribution in [2.45, 2.75) is 38.3 Å². The Bertz CT molecular complexity index is 319. The van der Waals surface area contributed by atoms with E-state index in [4.69, 9.17) is 9.84 Å². The van der Waals surface area contributed by atoms with Gasteiger partial charge in [0.05, 0.1) is 6.10 Å². The lowest BCUT2D eigenvalue weighted by atomic mass is 10.1. The number of hydrogen-bond donors (Lipinski definition) is 2. The van der Waals surface area contributed by atoms with Crippen LogP contribution in [-0.2, 0) is 9.53 Å². The summed E-state index contributed by atoms with van der Waals surface area (Å²) in [5, 5.41) is 11.6. The fourth-order valence-corrected chi connectivity index (χ4v) is 2.86. The molecule has 1 heterocycles. The normalized spacial score (nSPS) is 17.8. The number of carbonyl (C=O) groups excluding carboxylic acids is 1. The number of piperidine rings is 1. The summed E-state index contributed by atoms with van der Waals surface area (Å²) in [4.78, 5) is 24.3. The highest BCUT2D eigenvalue weighted by Gasteiger charge is 2.24. The summed E-state index contributed by atoms with van der Waals surface area (Å²) in [5.41, 5.74) is 0. The third-order valence-electron chi connectivity index (χ3n) is 3.36. The number of rotatable bonds is 7. The molecule has 1 aliphatic rings. The zero-order chi connectivity index (χ0) is 15.0. The van der Waals surface area contributed by atoms with Gasteiger partial charge in [0.15, 0.2) is 0 Å². The van der Waals surface area contributed by atoms with Crippen molar-refractivity contribution < 1.29 is 19.4 Å². The molecule has 7 heteroatoms. The number of thioether (sulfide) groups is 1. The smallest absolute Gasteiger partial charge is 0.329 e. The second-order valence-electron chi connectivity index (χ2n) is 4.90. The average molecular weight is 304 g/mol. The van der Waals surface area contributed by atoms with Crippen molar-refractivity contribution in [3.8, 4) is 0 Å². The van der Waals surface area contributed by atoms with E-state index in [1.54, 1.807) is 16.7 Å². The maximum Gasteiger partial charge on any atom is 0.329 e. The first-order valence-corrected chi connectivity index (χ1v) is 8.34. The zero-order valence-corrected chi connectivity index (χ0v) is 12.9. The van der Waals surface area contributed by atoms with Crippen LogP contribution in [0.15, 0.2) is 0 Å². The third-order valence-corrected chi connectivity index (χ3v) is 4.10. The molecule has 0 saturated carbocycles. The lowest BCUT2D eigenvalue weighted by Gasteiger charge is -2.32. The number of hydrogen-bond acceptors (Lipinski definition) is 4. The molecule has 0 aromatic heterocycles. The number of likely N-dealkylation sites (tertiary alicyclic amines) is 1. The maximum absolute atomic E-state index is 12.1. The van der Waals surface area contributed by atoms with Crippen LogP contribution in [0.4, 0.5) is 4.79 Å². The second kappa shape index (κ2) is 9.07. The van der Waals surface area contributed by atoms with Crippen LogP contribution >= 0.6 is 11.8 Å². The molecule has 2 amide bonds. The molecule has 116 valence electrons. The molecule has 1 atom stereocenters. The van der Waals surface area contributed by atoms with Gasteiger partial charge in [0, 0.05) is 24.9 Å². The van der Waals surface area contributed by atoms with Crippen LogP contribution in [0, 0.1) is 0 Å². The number of urea groups is 1. The van der Waals surface area contributed by atoms with Crippen LogP contribution in [0.25, 0.3) is 0 Å². The molecule has 6 nitrogen and oxygen atoms in total. The molecular weight excluding hydrogens is 280 g/mol. The number of carbonyl (C=O) groups is 2. The van der Waals surface area contributed by atoms with Gasteiger partial charge in [0.1, 0.15) is 6.61 Å². The van der Waals surface area contributed by atoms with E-state index in [0.29, 0.717) is 25.9 Å². The van der Waals surface area contributed by atoms with Crippen molar-refractivity contribution in [2.75, 3.05) is 31.7 Å². The largest absolute Gasteiger partial charge is 0.480 e. The molecule has 1 unspecified atom stereocenters. The Hall–Kier alpha value is -0.950. The maximum atomic E-state index is 12.1. The molecular formula is C13H24N2O4S. The average Bonchev–Trinajstić information content (AvgIpc) is 2.45. The van der Waals surface area contributed by atoms with Crippen LogP contribution in [0.3, 0.4) is 0 Å². The van der Waals surface area contributed by atoms with Crippen molar-refractivity contribution in [2.24, 2.45) is 0 Å². The number of aliphatic carboxylic acids is 1. The van der Waals surface area contributed by atoms with Crippen molar-refractivity contribution in [3.63, 3.8) is 0 Å². The lowest BCUT2D eigenvalue weighted by molar-refractivity contribution is -0.145. The molecule has 0 bridgehead atoms. The first-order valence-electron chi connectivity index (χ1n) is 6.94. The van der Waals surface area contributed by atoms with E-state index in [1.807, 2.05) is 6.26 Å². The fraction of sp³-hybridized carbons (Fsp3) is 0.846. The van der Waals surface area contributed by atoms with Gasteiger partial charge in [0.25, 0.3) is 0 Å².